The lowest BCUT2D eigenvalue weighted by Crippen LogP contribution is -2.40. The van der Waals surface area contributed by atoms with Gasteiger partial charge in [-0.1, -0.05) is 19.1 Å². The highest BCUT2D eigenvalue weighted by Gasteiger charge is 2.29. The molecule has 5 heteroatoms. The van der Waals surface area contributed by atoms with Gasteiger partial charge in [-0.25, -0.2) is 0 Å². The molecule has 3 N–H and O–H groups in total. The SMILES string of the molecule is CCC(CC(N)=S)NC(=O)C1COC(C)C1. The summed E-state index contributed by atoms with van der Waals surface area (Å²) in [5, 5.41) is 2.97. The first-order chi connectivity index (χ1) is 7.52. The van der Waals surface area contributed by atoms with Crippen molar-refractivity contribution in [3.8, 4) is 0 Å². The number of amides is 1. The molecular formula is C11H20N2O2S. The van der Waals surface area contributed by atoms with Crippen molar-refractivity contribution in [2.45, 2.75) is 45.3 Å². The highest BCUT2D eigenvalue weighted by Crippen LogP contribution is 2.19. The fraction of sp³-hybridized carbons (Fsp3) is 0.818. The van der Waals surface area contributed by atoms with E-state index in [0.29, 0.717) is 18.0 Å². The second-order valence-corrected chi connectivity index (χ2v) is 4.89. The monoisotopic (exact) mass is 244 g/mol. The number of carbonyl (C=O) groups is 1. The van der Waals surface area contributed by atoms with E-state index in [1.54, 1.807) is 0 Å². The molecule has 0 aromatic heterocycles. The molecule has 3 unspecified atom stereocenters. The summed E-state index contributed by atoms with van der Waals surface area (Å²) in [6.45, 7) is 4.52. The molecule has 1 aliphatic heterocycles. The van der Waals surface area contributed by atoms with Crippen LogP contribution in [0.15, 0.2) is 0 Å². The standard InChI is InChI=1S/C11H20N2O2S/c1-3-9(5-10(12)16)13-11(14)8-4-7(2)15-6-8/h7-9H,3-6H2,1-2H3,(H2,12,16)(H,13,14). The number of carbonyl (C=O) groups excluding carboxylic acids is 1. The Morgan fingerprint density at radius 1 is 1.69 bits per heavy atom. The Balaban J connectivity index is 2.39. The number of hydrogen-bond acceptors (Lipinski definition) is 3. The number of rotatable bonds is 5. The topological polar surface area (TPSA) is 64.3 Å². The van der Waals surface area contributed by atoms with E-state index in [4.69, 9.17) is 22.7 Å². The van der Waals surface area contributed by atoms with Gasteiger partial charge in [-0.2, -0.15) is 0 Å². The quantitative estimate of drug-likeness (QED) is 0.708. The minimum Gasteiger partial charge on any atom is -0.393 e. The number of thiocarbonyl (C=S) groups is 1. The first-order valence-corrected chi connectivity index (χ1v) is 6.14. The predicted molar refractivity (Wildman–Crippen MR) is 67.1 cm³/mol. The van der Waals surface area contributed by atoms with E-state index >= 15 is 0 Å². The Labute approximate surface area is 102 Å². The van der Waals surface area contributed by atoms with Crippen molar-refractivity contribution in [3.63, 3.8) is 0 Å². The molecule has 0 aliphatic carbocycles. The molecule has 0 aromatic carbocycles. The van der Waals surface area contributed by atoms with Crippen LogP contribution in [-0.2, 0) is 9.53 Å². The first-order valence-electron chi connectivity index (χ1n) is 5.73. The molecule has 1 amide bonds. The van der Waals surface area contributed by atoms with Crippen LogP contribution in [0.2, 0.25) is 0 Å². The highest BCUT2D eigenvalue weighted by molar-refractivity contribution is 7.80. The van der Waals surface area contributed by atoms with Crippen molar-refractivity contribution in [3.05, 3.63) is 0 Å². The number of ether oxygens (including phenoxy) is 1. The van der Waals surface area contributed by atoms with Gasteiger partial charge in [0.2, 0.25) is 5.91 Å². The first kappa shape index (κ1) is 13.4. The molecule has 16 heavy (non-hydrogen) atoms. The molecule has 0 radical (unpaired) electrons. The molecule has 1 rings (SSSR count). The third kappa shape index (κ3) is 4.06. The van der Waals surface area contributed by atoms with Crippen LogP contribution in [0.25, 0.3) is 0 Å². The van der Waals surface area contributed by atoms with Crippen LogP contribution in [0.1, 0.15) is 33.1 Å². The van der Waals surface area contributed by atoms with E-state index < -0.39 is 0 Å². The van der Waals surface area contributed by atoms with E-state index in [2.05, 4.69) is 5.32 Å². The summed E-state index contributed by atoms with van der Waals surface area (Å²) < 4.78 is 5.37. The van der Waals surface area contributed by atoms with Gasteiger partial charge in [0.05, 0.1) is 23.6 Å². The zero-order chi connectivity index (χ0) is 12.1. The Bertz CT molecular complexity index is 271. The maximum Gasteiger partial charge on any atom is 0.225 e. The molecule has 92 valence electrons. The van der Waals surface area contributed by atoms with Crippen LogP contribution in [0.4, 0.5) is 0 Å². The maximum atomic E-state index is 11.9. The zero-order valence-electron chi connectivity index (χ0n) is 9.86. The molecule has 1 heterocycles. The average molecular weight is 244 g/mol. The summed E-state index contributed by atoms with van der Waals surface area (Å²) in [5.74, 6) is 0.0443. The molecular weight excluding hydrogens is 224 g/mol. The molecule has 0 aromatic rings. The summed E-state index contributed by atoms with van der Waals surface area (Å²) in [6, 6.07) is 0.0564. The van der Waals surface area contributed by atoms with Crippen molar-refractivity contribution in [2.75, 3.05) is 6.61 Å². The van der Waals surface area contributed by atoms with Gasteiger partial charge < -0.3 is 15.8 Å². The molecule has 0 saturated carbocycles. The predicted octanol–water partition coefficient (Wildman–Crippen LogP) is 0.982. The Hall–Kier alpha value is -0.680. The fourth-order valence-corrected chi connectivity index (χ4v) is 2.06. The maximum absolute atomic E-state index is 11.9. The lowest BCUT2D eigenvalue weighted by Gasteiger charge is -2.18. The molecule has 0 spiro atoms. The van der Waals surface area contributed by atoms with Crippen LogP contribution < -0.4 is 11.1 Å². The van der Waals surface area contributed by atoms with Crippen molar-refractivity contribution >= 4 is 23.1 Å². The Morgan fingerprint density at radius 2 is 2.38 bits per heavy atom. The van der Waals surface area contributed by atoms with Gasteiger partial charge in [-0.3, -0.25) is 4.79 Å². The third-order valence-electron chi connectivity index (χ3n) is 2.86. The van der Waals surface area contributed by atoms with Crippen LogP contribution in [-0.4, -0.2) is 29.6 Å². The summed E-state index contributed by atoms with van der Waals surface area (Å²) in [5.41, 5.74) is 5.48. The molecule has 0 bridgehead atoms. The second-order valence-electron chi connectivity index (χ2n) is 4.36. The normalized spacial score (nSPS) is 26.4. The molecule has 3 atom stereocenters. The summed E-state index contributed by atoms with van der Waals surface area (Å²) in [6.07, 6.45) is 2.40. The van der Waals surface area contributed by atoms with Gasteiger partial charge in [-0.05, 0) is 19.8 Å². The van der Waals surface area contributed by atoms with Crippen molar-refractivity contribution in [2.24, 2.45) is 11.7 Å². The van der Waals surface area contributed by atoms with Crippen LogP contribution in [0, 0.1) is 5.92 Å². The van der Waals surface area contributed by atoms with Crippen LogP contribution >= 0.6 is 12.2 Å². The minimum absolute atomic E-state index is 0.0182. The average Bonchev–Trinajstić information content (AvgIpc) is 2.63. The van der Waals surface area contributed by atoms with Crippen LogP contribution in [0.3, 0.4) is 0 Å². The Morgan fingerprint density at radius 3 is 2.81 bits per heavy atom. The smallest absolute Gasteiger partial charge is 0.225 e. The summed E-state index contributed by atoms with van der Waals surface area (Å²) >= 11 is 4.85. The number of hydrogen-bond donors (Lipinski definition) is 2. The lowest BCUT2D eigenvalue weighted by atomic mass is 10.0. The summed E-state index contributed by atoms with van der Waals surface area (Å²) in [7, 11) is 0. The van der Waals surface area contributed by atoms with E-state index in [0.717, 1.165) is 12.8 Å². The second kappa shape index (κ2) is 6.15. The number of nitrogens with one attached hydrogen (secondary N) is 1. The van der Waals surface area contributed by atoms with Gasteiger partial charge in [0.1, 0.15) is 0 Å². The van der Waals surface area contributed by atoms with Crippen molar-refractivity contribution in [1.82, 2.24) is 5.32 Å². The van der Waals surface area contributed by atoms with E-state index in [9.17, 15) is 4.79 Å². The lowest BCUT2D eigenvalue weighted by molar-refractivity contribution is -0.125. The fourth-order valence-electron chi connectivity index (χ4n) is 1.86. The van der Waals surface area contributed by atoms with E-state index in [-0.39, 0.29) is 24.0 Å². The minimum atomic E-state index is -0.0182. The molecule has 1 fully saturated rings. The third-order valence-corrected chi connectivity index (χ3v) is 3.02. The summed E-state index contributed by atoms with van der Waals surface area (Å²) in [4.78, 5) is 12.3. The van der Waals surface area contributed by atoms with E-state index in [1.165, 1.54) is 0 Å². The Kier molecular flexibility index (Phi) is 5.15. The largest absolute Gasteiger partial charge is 0.393 e. The van der Waals surface area contributed by atoms with Crippen molar-refractivity contribution in [1.29, 1.82) is 0 Å². The van der Waals surface area contributed by atoms with Gasteiger partial charge in [0, 0.05) is 12.5 Å². The molecule has 1 aliphatic rings. The highest BCUT2D eigenvalue weighted by atomic mass is 32.1. The number of nitrogens with two attached hydrogens (primary N) is 1. The zero-order valence-corrected chi connectivity index (χ0v) is 10.7. The van der Waals surface area contributed by atoms with Gasteiger partial charge in [0.25, 0.3) is 0 Å². The van der Waals surface area contributed by atoms with Gasteiger partial charge in [-0.15, -0.1) is 0 Å². The molecule has 1 saturated heterocycles. The molecule has 4 nitrogen and oxygen atoms in total. The van der Waals surface area contributed by atoms with Gasteiger partial charge in [0.15, 0.2) is 0 Å². The van der Waals surface area contributed by atoms with Gasteiger partial charge >= 0.3 is 0 Å². The van der Waals surface area contributed by atoms with E-state index in [1.807, 2.05) is 13.8 Å². The van der Waals surface area contributed by atoms with Crippen molar-refractivity contribution < 1.29 is 9.53 Å². The van der Waals surface area contributed by atoms with Crippen LogP contribution in [0.5, 0.6) is 0 Å².